The SMILES string of the molecule is CC1CCCN(c2nc3ccccc3cc2C(=N)N)C1C. The summed E-state index contributed by atoms with van der Waals surface area (Å²) in [6.45, 7) is 5.51. The van der Waals surface area contributed by atoms with Crippen molar-refractivity contribution in [1.82, 2.24) is 4.98 Å². The predicted octanol–water partition coefficient (Wildman–Crippen LogP) is 3.14. The van der Waals surface area contributed by atoms with Gasteiger partial charge in [0.2, 0.25) is 0 Å². The Morgan fingerprint density at radius 1 is 1.33 bits per heavy atom. The average molecular weight is 282 g/mol. The van der Waals surface area contributed by atoms with E-state index in [1.165, 1.54) is 6.42 Å². The number of piperidine rings is 1. The zero-order valence-electron chi connectivity index (χ0n) is 12.6. The van der Waals surface area contributed by atoms with Crippen LogP contribution in [-0.2, 0) is 0 Å². The summed E-state index contributed by atoms with van der Waals surface area (Å²) in [6.07, 6.45) is 2.41. The lowest BCUT2D eigenvalue weighted by Gasteiger charge is -2.39. The molecule has 110 valence electrons. The molecule has 21 heavy (non-hydrogen) atoms. The summed E-state index contributed by atoms with van der Waals surface area (Å²) in [7, 11) is 0. The Morgan fingerprint density at radius 2 is 2.10 bits per heavy atom. The van der Waals surface area contributed by atoms with Crippen molar-refractivity contribution in [1.29, 1.82) is 5.41 Å². The van der Waals surface area contributed by atoms with Gasteiger partial charge in [-0.25, -0.2) is 4.98 Å². The molecule has 4 heteroatoms. The first-order chi connectivity index (χ1) is 10.1. The highest BCUT2D eigenvalue weighted by Crippen LogP contribution is 2.31. The van der Waals surface area contributed by atoms with Gasteiger partial charge in [0.25, 0.3) is 0 Å². The van der Waals surface area contributed by atoms with Gasteiger partial charge in [-0.1, -0.05) is 25.1 Å². The van der Waals surface area contributed by atoms with Crippen molar-refractivity contribution in [3.63, 3.8) is 0 Å². The Labute approximate surface area is 125 Å². The van der Waals surface area contributed by atoms with E-state index < -0.39 is 0 Å². The number of nitrogen functional groups attached to an aromatic ring is 1. The molecule has 1 saturated heterocycles. The fraction of sp³-hybridized carbons (Fsp3) is 0.412. The number of nitrogens with one attached hydrogen (secondary N) is 1. The second kappa shape index (κ2) is 5.35. The molecule has 1 aliphatic rings. The topological polar surface area (TPSA) is 66.0 Å². The zero-order chi connectivity index (χ0) is 15.0. The molecule has 3 N–H and O–H groups in total. The van der Waals surface area contributed by atoms with Gasteiger partial charge in [0.05, 0.1) is 11.1 Å². The zero-order valence-corrected chi connectivity index (χ0v) is 12.6. The van der Waals surface area contributed by atoms with Gasteiger partial charge in [0.15, 0.2) is 0 Å². The molecule has 2 atom stereocenters. The molecule has 0 bridgehead atoms. The summed E-state index contributed by atoms with van der Waals surface area (Å²) >= 11 is 0. The Kier molecular flexibility index (Phi) is 3.53. The maximum atomic E-state index is 7.90. The van der Waals surface area contributed by atoms with Gasteiger partial charge in [-0.2, -0.15) is 0 Å². The Morgan fingerprint density at radius 3 is 2.86 bits per heavy atom. The molecule has 0 saturated carbocycles. The summed E-state index contributed by atoms with van der Waals surface area (Å²) in [4.78, 5) is 7.13. The lowest BCUT2D eigenvalue weighted by Crippen LogP contribution is -2.43. The first-order valence-corrected chi connectivity index (χ1v) is 7.58. The van der Waals surface area contributed by atoms with Crippen LogP contribution in [0.2, 0.25) is 0 Å². The Bertz CT molecular complexity index is 680. The van der Waals surface area contributed by atoms with Crippen molar-refractivity contribution < 1.29 is 0 Å². The predicted molar refractivity (Wildman–Crippen MR) is 88.0 cm³/mol. The number of para-hydroxylation sites is 1. The van der Waals surface area contributed by atoms with Gasteiger partial charge in [0, 0.05) is 18.0 Å². The molecule has 1 aromatic heterocycles. The number of rotatable bonds is 2. The van der Waals surface area contributed by atoms with Gasteiger partial charge in [-0.3, -0.25) is 5.41 Å². The van der Waals surface area contributed by atoms with Crippen molar-refractivity contribution >= 4 is 22.6 Å². The molecule has 4 nitrogen and oxygen atoms in total. The first kappa shape index (κ1) is 13.9. The van der Waals surface area contributed by atoms with Gasteiger partial charge < -0.3 is 10.6 Å². The maximum Gasteiger partial charge on any atom is 0.140 e. The third-order valence-corrected chi connectivity index (χ3v) is 4.64. The molecule has 2 aromatic rings. The largest absolute Gasteiger partial charge is 0.384 e. The molecule has 0 radical (unpaired) electrons. The van der Waals surface area contributed by atoms with Gasteiger partial charge in [-0.05, 0) is 37.8 Å². The molecule has 1 fully saturated rings. The van der Waals surface area contributed by atoms with E-state index in [1.807, 2.05) is 30.3 Å². The van der Waals surface area contributed by atoms with Crippen LogP contribution < -0.4 is 10.6 Å². The lowest BCUT2D eigenvalue weighted by atomic mass is 9.91. The fourth-order valence-corrected chi connectivity index (χ4v) is 3.16. The number of nitrogens with two attached hydrogens (primary N) is 1. The molecule has 0 amide bonds. The lowest BCUT2D eigenvalue weighted by molar-refractivity contribution is 0.361. The first-order valence-electron chi connectivity index (χ1n) is 7.58. The van der Waals surface area contributed by atoms with Crippen LogP contribution in [0.1, 0.15) is 32.3 Å². The van der Waals surface area contributed by atoms with Crippen LogP contribution >= 0.6 is 0 Å². The van der Waals surface area contributed by atoms with Crippen LogP contribution in [0, 0.1) is 11.3 Å². The monoisotopic (exact) mass is 282 g/mol. The number of hydrogen-bond acceptors (Lipinski definition) is 3. The van der Waals surface area contributed by atoms with Crippen LogP contribution in [0.3, 0.4) is 0 Å². The normalized spacial score (nSPS) is 22.5. The van der Waals surface area contributed by atoms with E-state index >= 15 is 0 Å². The molecular formula is C17H22N4. The number of pyridine rings is 1. The fourth-order valence-electron chi connectivity index (χ4n) is 3.16. The van der Waals surface area contributed by atoms with E-state index in [9.17, 15) is 0 Å². The minimum absolute atomic E-state index is 0.0914. The number of aromatic nitrogens is 1. The van der Waals surface area contributed by atoms with Crippen LogP contribution in [0.15, 0.2) is 30.3 Å². The van der Waals surface area contributed by atoms with E-state index in [1.54, 1.807) is 0 Å². The van der Waals surface area contributed by atoms with Gasteiger partial charge >= 0.3 is 0 Å². The maximum absolute atomic E-state index is 7.90. The summed E-state index contributed by atoms with van der Waals surface area (Å²) < 4.78 is 0. The third kappa shape index (κ3) is 2.46. The van der Waals surface area contributed by atoms with E-state index in [0.717, 1.165) is 35.2 Å². The number of amidine groups is 1. The Balaban J connectivity index is 2.15. The number of fused-ring (bicyclic) bond motifs is 1. The van der Waals surface area contributed by atoms with Crippen LogP contribution in [0.4, 0.5) is 5.82 Å². The summed E-state index contributed by atoms with van der Waals surface area (Å²) in [5.41, 5.74) is 7.52. The highest BCUT2D eigenvalue weighted by atomic mass is 15.2. The van der Waals surface area contributed by atoms with Crippen molar-refractivity contribution in [3.8, 4) is 0 Å². The molecule has 1 aliphatic heterocycles. The molecule has 0 aliphatic carbocycles. The standard InChI is InChI=1S/C17H22N4/c1-11-6-5-9-21(12(11)2)17-14(16(18)19)10-13-7-3-4-8-15(13)20-17/h3-4,7-8,10-12H,5-6,9H2,1-2H3,(H3,18,19). The number of benzene rings is 1. The molecule has 0 spiro atoms. The summed E-state index contributed by atoms with van der Waals surface area (Å²) in [5.74, 6) is 1.58. The molecule has 1 aromatic carbocycles. The van der Waals surface area contributed by atoms with E-state index in [0.29, 0.717) is 12.0 Å². The van der Waals surface area contributed by atoms with Gasteiger partial charge in [0.1, 0.15) is 11.7 Å². The average Bonchev–Trinajstić information content (AvgIpc) is 2.48. The quantitative estimate of drug-likeness (QED) is 0.657. The van der Waals surface area contributed by atoms with Crippen molar-refractivity contribution in [2.75, 3.05) is 11.4 Å². The smallest absolute Gasteiger partial charge is 0.140 e. The van der Waals surface area contributed by atoms with Crippen molar-refractivity contribution in [3.05, 3.63) is 35.9 Å². The van der Waals surface area contributed by atoms with Crippen LogP contribution in [0.5, 0.6) is 0 Å². The third-order valence-electron chi connectivity index (χ3n) is 4.64. The minimum Gasteiger partial charge on any atom is -0.384 e. The molecule has 2 heterocycles. The van der Waals surface area contributed by atoms with Crippen LogP contribution in [-0.4, -0.2) is 23.4 Å². The summed E-state index contributed by atoms with van der Waals surface area (Å²) in [5, 5.41) is 8.93. The van der Waals surface area contributed by atoms with Crippen molar-refractivity contribution in [2.45, 2.75) is 32.7 Å². The number of nitrogens with zero attached hydrogens (tertiary/aromatic N) is 2. The molecule has 3 rings (SSSR count). The van der Waals surface area contributed by atoms with E-state index in [-0.39, 0.29) is 5.84 Å². The van der Waals surface area contributed by atoms with Crippen LogP contribution in [0.25, 0.3) is 10.9 Å². The van der Waals surface area contributed by atoms with Gasteiger partial charge in [-0.15, -0.1) is 0 Å². The highest BCUT2D eigenvalue weighted by molar-refractivity contribution is 6.03. The molecular weight excluding hydrogens is 260 g/mol. The number of anilines is 1. The minimum atomic E-state index is 0.0914. The second-order valence-corrected chi connectivity index (χ2v) is 6.02. The van der Waals surface area contributed by atoms with E-state index in [2.05, 4.69) is 18.7 Å². The number of hydrogen-bond donors (Lipinski definition) is 2. The second-order valence-electron chi connectivity index (χ2n) is 6.02. The Hall–Kier alpha value is -2.10. The van der Waals surface area contributed by atoms with Crippen molar-refractivity contribution in [2.24, 2.45) is 11.7 Å². The van der Waals surface area contributed by atoms with E-state index in [4.69, 9.17) is 16.1 Å². The highest BCUT2D eigenvalue weighted by Gasteiger charge is 2.28. The summed E-state index contributed by atoms with van der Waals surface area (Å²) in [6, 6.07) is 10.4. The molecule has 2 unspecified atom stereocenters.